The largest absolute Gasteiger partial charge is 0.333 e. The maximum atomic E-state index is 13.2. The summed E-state index contributed by atoms with van der Waals surface area (Å²) in [7, 11) is 0. The number of halogens is 2. The fourth-order valence-corrected chi connectivity index (χ4v) is 1.62. The molecule has 0 saturated heterocycles. The van der Waals surface area contributed by atoms with Gasteiger partial charge in [0, 0.05) is 11.2 Å². The second-order valence-electron chi connectivity index (χ2n) is 4.91. The lowest BCUT2D eigenvalue weighted by molar-refractivity contribution is 0.244. The Hall–Kier alpha value is -1.10. The van der Waals surface area contributed by atoms with Crippen molar-refractivity contribution in [3.63, 3.8) is 0 Å². The maximum Gasteiger partial charge on any atom is 0.319 e. The molecule has 1 aromatic carbocycles. The molecule has 0 spiro atoms. The van der Waals surface area contributed by atoms with Crippen molar-refractivity contribution in [1.82, 2.24) is 5.32 Å². The van der Waals surface area contributed by atoms with Gasteiger partial charge in [-0.05, 0) is 61.3 Å². The van der Waals surface area contributed by atoms with E-state index >= 15 is 0 Å². The van der Waals surface area contributed by atoms with E-state index in [1.807, 2.05) is 20.8 Å². The molecule has 1 rings (SSSR count). The molecule has 5 heteroatoms. The lowest BCUT2D eigenvalue weighted by Crippen LogP contribution is -2.43. The molecule has 0 aromatic heterocycles. The highest BCUT2D eigenvalue weighted by Crippen LogP contribution is 2.24. The Bertz CT molecular complexity index is 441. The van der Waals surface area contributed by atoms with Gasteiger partial charge >= 0.3 is 6.03 Å². The molecule has 0 atom stereocenters. The second kappa shape index (κ2) is 5.04. The Labute approximate surface area is 109 Å². The number of hydrogen-bond acceptors (Lipinski definition) is 1. The van der Waals surface area contributed by atoms with Gasteiger partial charge in [-0.1, -0.05) is 0 Å². The third kappa shape index (κ3) is 4.34. The van der Waals surface area contributed by atoms with Crippen LogP contribution in [0.2, 0.25) is 0 Å². The highest BCUT2D eigenvalue weighted by molar-refractivity contribution is 9.10. The number of rotatable bonds is 1. The normalized spacial score (nSPS) is 11.2. The zero-order chi connectivity index (χ0) is 13.2. The van der Waals surface area contributed by atoms with Gasteiger partial charge in [-0.25, -0.2) is 9.18 Å². The number of aryl methyl sites for hydroxylation is 1. The van der Waals surface area contributed by atoms with Crippen LogP contribution in [-0.4, -0.2) is 11.6 Å². The standard InChI is InChI=1S/C12H16BrFN2O/c1-7-5-9(14)8(13)6-10(7)15-11(17)16-12(2,3)4/h5-6H,1-4H3,(H2,15,16,17). The van der Waals surface area contributed by atoms with Gasteiger partial charge in [0.05, 0.1) is 4.47 Å². The fourth-order valence-electron chi connectivity index (χ4n) is 1.28. The van der Waals surface area contributed by atoms with Crippen molar-refractivity contribution in [2.45, 2.75) is 33.2 Å². The summed E-state index contributed by atoms with van der Waals surface area (Å²) in [6, 6.07) is 2.61. The topological polar surface area (TPSA) is 41.1 Å². The predicted molar refractivity (Wildman–Crippen MR) is 70.7 cm³/mol. The number of nitrogens with one attached hydrogen (secondary N) is 2. The molecule has 1 aromatic rings. The molecule has 0 aliphatic heterocycles. The number of urea groups is 1. The Morgan fingerprint density at radius 3 is 2.47 bits per heavy atom. The number of carbonyl (C=O) groups excluding carboxylic acids is 1. The van der Waals surface area contributed by atoms with Crippen LogP contribution in [0.1, 0.15) is 26.3 Å². The van der Waals surface area contributed by atoms with E-state index in [1.54, 1.807) is 13.0 Å². The molecule has 2 amide bonds. The van der Waals surface area contributed by atoms with Crippen molar-refractivity contribution in [2.24, 2.45) is 0 Å². The van der Waals surface area contributed by atoms with Crippen LogP contribution in [0, 0.1) is 12.7 Å². The molecule has 0 bridgehead atoms. The summed E-state index contributed by atoms with van der Waals surface area (Å²) in [4.78, 5) is 11.6. The van der Waals surface area contributed by atoms with Crippen LogP contribution >= 0.6 is 15.9 Å². The average Bonchev–Trinajstić information content (AvgIpc) is 2.11. The lowest BCUT2D eigenvalue weighted by atomic mass is 10.1. The van der Waals surface area contributed by atoms with Gasteiger partial charge in [-0.15, -0.1) is 0 Å². The SMILES string of the molecule is Cc1cc(F)c(Br)cc1NC(=O)NC(C)(C)C. The van der Waals surface area contributed by atoms with E-state index in [9.17, 15) is 9.18 Å². The molecular weight excluding hydrogens is 287 g/mol. The number of anilines is 1. The third-order valence-corrected chi connectivity index (χ3v) is 2.61. The molecule has 0 radical (unpaired) electrons. The Morgan fingerprint density at radius 2 is 1.94 bits per heavy atom. The molecule has 0 heterocycles. The summed E-state index contributed by atoms with van der Waals surface area (Å²) in [5.41, 5.74) is 0.949. The van der Waals surface area contributed by atoms with E-state index in [2.05, 4.69) is 26.6 Å². The van der Waals surface area contributed by atoms with Crippen molar-refractivity contribution >= 4 is 27.6 Å². The summed E-state index contributed by atoms with van der Waals surface area (Å²) in [6.45, 7) is 7.41. The lowest BCUT2D eigenvalue weighted by Gasteiger charge is -2.21. The molecule has 0 fully saturated rings. The smallest absolute Gasteiger partial charge is 0.319 e. The number of hydrogen-bond donors (Lipinski definition) is 2. The minimum absolute atomic E-state index is 0.306. The minimum atomic E-state index is -0.343. The van der Waals surface area contributed by atoms with Crippen molar-refractivity contribution in [3.05, 3.63) is 28.0 Å². The first-order valence-corrected chi connectivity index (χ1v) is 6.03. The average molecular weight is 303 g/mol. The van der Waals surface area contributed by atoms with Crippen LogP contribution in [0.15, 0.2) is 16.6 Å². The van der Waals surface area contributed by atoms with Crippen molar-refractivity contribution in [2.75, 3.05) is 5.32 Å². The van der Waals surface area contributed by atoms with Crippen LogP contribution < -0.4 is 10.6 Å². The van der Waals surface area contributed by atoms with Crippen molar-refractivity contribution in [1.29, 1.82) is 0 Å². The first-order valence-electron chi connectivity index (χ1n) is 5.24. The quantitative estimate of drug-likeness (QED) is 0.813. The number of benzene rings is 1. The predicted octanol–water partition coefficient (Wildman–Crippen LogP) is 3.82. The molecule has 2 N–H and O–H groups in total. The van der Waals surface area contributed by atoms with Crippen LogP contribution in [-0.2, 0) is 0 Å². The minimum Gasteiger partial charge on any atom is -0.333 e. The molecule has 3 nitrogen and oxygen atoms in total. The summed E-state index contributed by atoms with van der Waals surface area (Å²) in [6.07, 6.45) is 0. The van der Waals surface area contributed by atoms with E-state index in [0.717, 1.165) is 0 Å². The monoisotopic (exact) mass is 302 g/mol. The maximum absolute atomic E-state index is 13.2. The van der Waals surface area contributed by atoms with Crippen LogP contribution in [0.3, 0.4) is 0 Å². The number of amides is 2. The highest BCUT2D eigenvalue weighted by Gasteiger charge is 2.14. The van der Waals surface area contributed by atoms with Gasteiger partial charge in [0.1, 0.15) is 5.82 Å². The van der Waals surface area contributed by atoms with E-state index in [1.165, 1.54) is 6.07 Å². The van der Waals surface area contributed by atoms with Crippen LogP contribution in [0.5, 0.6) is 0 Å². The molecule has 0 saturated carbocycles. The molecule has 17 heavy (non-hydrogen) atoms. The van der Waals surface area contributed by atoms with Gasteiger partial charge in [0.15, 0.2) is 0 Å². The van der Waals surface area contributed by atoms with Crippen molar-refractivity contribution < 1.29 is 9.18 Å². The first-order chi connectivity index (χ1) is 7.69. The Morgan fingerprint density at radius 1 is 1.35 bits per heavy atom. The zero-order valence-electron chi connectivity index (χ0n) is 10.3. The Kier molecular flexibility index (Phi) is 4.14. The van der Waals surface area contributed by atoms with E-state index in [-0.39, 0.29) is 17.4 Å². The first kappa shape index (κ1) is 14.0. The summed E-state index contributed by atoms with van der Waals surface area (Å²) in [5, 5.41) is 5.46. The number of carbonyl (C=O) groups is 1. The molecule has 0 aliphatic rings. The van der Waals surface area contributed by atoms with Gasteiger partial charge in [-0.2, -0.15) is 0 Å². The third-order valence-electron chi connectivity index (χ3n) is 2.00. The van der Waals surface area contributed by atoms with E-state index in [4.69, 9.17) is 0 Å². The van der Waals surface area contributed by atoms with Crippen LogP contribution in [0.4, 0.5) is 14.9 Å². The van der Waals surface area contributed by atoms with Gasteiger partial charge in [0.2, 0.25) is 0 Å². The van der Waals surface area contributed by atoms with Gasteiger partial charge in [0.25, 0.3) is 0 Å². The summed E-state index contributed by atoms with van der Waals surface area (Å²) < 4.78 is 13.5. The summed E-state index contributed by atoms with van der Waals surface area (Å²) in [5.74, 6) is -0.343. The fraction of sp³-hybridized carbons (Fsp3) is 0.417. The molecular formula is C12H16BrFN2O. The van der Waals surface area contributed by atoms with Crippen molar-refractivity contribution in [3.8, 4) is 0 Å². The van der Waals surface area contributed by atoms with E-state index < -0.39 is 0 Å². The second-order valence-corrected chi connectivity index (χ2v) is 5.76. The van der Waals surface area contributed by atoms with E-state index in [0.29, 0.717) is 15.7 Å². The summed E-state index contributed by atoms with van der Waals surface area (Å²) >= 11 is 3.08. The van der Waals surface area contributed by atoms with Gasteiger partial charge < -0.3 is 10.6 Å². The highest BCUT2D eigenvalue weighted by atomic mass is 79.9. The van der Waals surface area contributed by atoms with Crippen LogP contribution in [0.25, 0.3) is 0 Å². The zero-order valence-corrected chi connectivity index (χ0v) is 11.9. The molecule has 94 valence electrons. The van der Waals surface area contributed by atoms with Gasteiger partial charge in [-0.3, -0.25) is 0 Å². The Balaban J connectivity index is 2.82. The molecule has 0 aliphatic carbocycles. The molecule has 0 unspecified atom stereocenters.